The smallest absolute Gasteiger partial charge is 0.265 e. The van der Waals surface area contributed by atoms with Crippen LogP contribution >= 0.6 is 15.9 Å². The Morgan fingerprint density at radius 2 is 1.90 bits per heavy atom. The molecule has 3 nitrogen and oxygen atoms in total. The van der Waals surface area contributed by atoms with Crippen molar-refractivity contribution in [3.05, 3.63) is 58.6 Å². The zero-order valence-electron chi connectivity index (χ0n) is 11.4. The molecule has 0 saturated carbocycles. The van der Waals surface area contributed by atoms with Gasteiger partial charge in [-0.2, -0.15) is 0 Å². The first-order valence-electron chi connectivity index (χ1n) is 6.35. The van der Waals surface area contributed by atoms with Gasteiger partial charge in [0.15, 0.2) is 6.10 Å². The first-order valence-corrected chi connectivity index (χ1v) is 7.14. The quantitative estimate of drug-likeness (QED) is 0.912. The molecular weight excluding hydrogens is 318 g/mol. The van der Waals surface area contributed by atoms with Crippen LogP contribution < -0.4 is 10.1 Å². The number of para-hydroxylation sites is 1. The monoisotopic (exact) mass is 333 g/mol. The summed E-state index contributed by atoms with van der Waals surface area (Å²) in [6.07, 6.45) is -0.575. The Bertz CT molecular complexity index is 599. The van der Waals surface area contributed by atoms with E-state index in [-0.39, 0.29) is 5.91 Å². The van der Waals surface area contributed by atoms with Crippen molar-refractivity contribution in [2.75, 3.05) is 5.32 Å². The normalized spacial score (nSPS) is 11.8. The molecule has 104 valence electrons. The summed E-state index contributed by atoms with van der Waals surface area (Å²) in [5.41, 5.74) is 1.89. The molecule has 0 aliphatic heterocycles. The van der Waals surface area contributed by atoms with E-state index in [1.165, 1.54) is 0 Å². The number of aryl methyl sites for hydroxylation is 1. The van der Waals surface area contributed by atoms with Gasteiger partial charge in [-0.25, -0.2) is 0 Å². The van der Waals surface area contributed by atoms with Gasteiger partial charge in [0, 0.05) is 5.69 Å². The highest BCUT2D eigenvalue weighted by atomic mass is 79.9. The van der Waals surface area contributed by atoms with E-state index < -0.39 is 6.10 Å². The van der Waals surface area contributed by atoms with Crippen LogP contribution in [-0.2, 0) is 4.79 Å². The predicted octanol–water partition coefficient (Wildman–Crippen LogP) is 4.16. The number of nitrogens with one attached hydrogen (secondary N) is 1. The van der Waals surface area contributed by atoms with Crippen LogP contribution in [0.25, 0.3) is 0 Å². The van der Waals surface area contributed by atoms with Gasteiger partial charge in [-0.15, -0.1) is 0 Å². The molecule has 1 amide bonds. The van der Waals surface area contributed by atoms with E-state index in [1.807, 2.05) is 55.5 Å². The zero-order chi connectivity index (χ0) is 14.5. The van der Waals surface area contributed by atoms with Gasteiger partial charge in [0.2, 0.25) is 0 Å². The Morgan fingerprint density at radius 3 is 2.55 bits per heavy atom. The van der Waals surface area contributed by atoms with Crippen LogP contribution in [0.3, 0.4) is 0 Å². The Kier molecular flexibility index (Phi) is 4.79. The fourth-order valence-corrected chi connectivity index (χ4v) is 2.30. The van der Waals surface area contributed by atoms with Crippen molar-refractivity contribution in [2.45, 2.75) is 20.0 Å². The number of halogens is 1. The molecule has 1 unspecified atom stereocenters. The maximum atomic E-state index is 12.0. The van der Waals surface area contributed by atoms with Crippen molar-refractivity contribution in [1.29, 1.82) is 0 Å². The summed E-state index contributed by atoms with van der Waals surface area (Å²) in [7, 11) is 0. The van der Waals surface area contributed by atoms with Gasteiger partial charge < -0.3 is 10.1 Å². The number of rotatable bonds is 4. The number of amides is 1. The molecule has 1 atom stereocenters. The van der Waals surface area contributed by atoms with Gasteiger partial charge in [0.1, 0.15) is 5.75 Å². The molecule has 0 bridgehead atoms. The molecule has 0 aliphatic carbocycles. The maximum Gasteiger partial charge on any atom is 0.265 e. The second kappa shape index (κ2) is 6.57. The van der Waals surface area contributed by atoms with Crippen molar-refractivity contribution in [1.82, 2.24) is 0 Å². The van der Waals surface area contributed by atoms with Crippen LogP contribution in [0.5, 0.6) is 5.75 Å². The molecule has 0 aliphatic rings. The van der Waals surface area contributed by atoms with Gasteiger partial charge in [-0.3, -0.25) is 4.79 Å². The Labute approximate surface area is 127 Å². The topological polar surface area (TPSA) is 38.3 Å². The van der Waals surface area contributed by atoms with Crippen LogP contribution in [0.1, 0.15) is 12.5 Å². The average Bonchev–Trinajstić information content (AvgIpc) is 2.43. The summed E-state index contributed by atoms with van der Waals surface area (Å²) >= 11 is 3.43. The van der Waals surface area contributed by atoms with E-state index >= 15 is 0 Å². The molecule has 1 N–H and O–H groups in total. The summed E-state index contributed by atoms with van der Waals surface area (Å²) in [4.78, 5) is 12.0. The summed E-state index contributed by atoms with van der Waals surface area (Å²) in [5.74, 6) is 0.481. The molecular formula is C16H16BrNO2. The van der Waals surface area contributed by atoms with Crippen LogP contribution in [0, 0.1) is 6.92 Å². The van der Waals surface area contributed by atoms with Crippen LogP contribution in [0.4, 0.5) is 5.69 Å². The number of hydrogen-bond donors (Lipinski definition) is 1. The first kappa shape index (κ1) is 14.6. The lowest BCUT2D eigenvalue weighted by molar-refractivity contribution is -0.122. The van der Waals surface area contributed by atoms with Gasteiger partial charge in [-0.05, 0) is 59.6 Å². The number of anilines is 1. The van der Waals surface area contributed by atoms with Crippen molar-refractivity contribution >= 4 is 27.5 Å². The standard InChI is InChI=1S/C16H16BrNO2/c1-11-8-9-15(14(17)10-11)20-12(2)16(19)18-13-6-4-3-5-7-13/h3-10,12H,1-2H3,(H,18,19). The molecule has 0 aromatic heterocycles. The van der Waals surface area contributed by atoms with E-state index in [2.05, 4.69) is 21.2 Å². The Hall–Kier alpha value is -1.81. The number of carbonyl (C=O) groups excluding carboxylic acids is 1. The lowest BCUT2D eigenvalue weighted by Crippen LogP contribution is -2.30. The zero-order valence-corrected chi connectivity index (χ0v) is 13.0. The molecule has 0 fully saturated rings. The molecule has 0 radical (unpaired) electrons. The third-order valence-electron chi connectivity index (χ3n) is 2.80. The average molecular weight is 334 g/mol. The molecule has 2 rings (SSSR count). The SMILES string of the molecule is Cc1ccc(OC(C)C(=O)Nc2ccccc2)c(Br)c1. The fraction of sp³-hybridized carbons (Fsp3) is 0.188. The highest BCUT2D eigenvalue weighted by Gasteiger charge is 2.16. The van der Waals surface area contributed by atoms with Crippen molar-refractivity contribution in [3.63, 3.8) is 0 Å². The summed E-state index contributed by atoms with van der Waals surface area (Å²) in [6, 6.07) is 15.1. The predicted molar refractivity (Wildman–Crippen MR) is 84.0 cm³/mol. The van der Waals surface area contributed by atoms with Crippen LogP contribution in [0.15, 0.2) is 53.0 Å². The van der Waals surface area contributed by atoms with Crippen LogP contribution in [-0.4, -0.2) is 12.0 Å². The lowest BCUT2D eigenvalue weighted by Gasteiger charge is -2.16. The highest BCUT2D eigenvalue weighted by Crippen LogP contribution is 2.26. The Balaban J connectivity index is 2.00. The van der Waals surface area contributed by atoms with E-state index in [0.717, 1.165) is 15.7 Å². The van der Waals surface area contributed by atoms with Crippen LogP contribution in [0.2, 0.25) is 0 Å². The van der Waals surface area contributed by atoms with E-state index in [9.17, 15) is 4.79 Å². The molecule has 2 aromatic carbocycles. The molecule has 0 heterocycles. The highest BCUT2D eigenvalue weighted by molar-refractivity contribution is 9.10. The van der Waals surface area contributed by atoms with Crippen molar-refractivity contribution in [2.24, 2.45) is 0 Å². The minimum Gasteiger partial charge on any atom is -0.480 e. The number of ether oxygens (including phenoxy) is 1. The van der Waals surface area contributed by atoms with Gasteiger partial charge in [0.05, 0.1) is 4.47 Å². The van der Waals surface area contributed by atoms with Gasteiger partial charge >= 0.3 is 0 Å². The maximum absolute atomic E-state index is 12.0. The van der Waals surface area contributed by atoms with Gasteiger partial charge in [-0.1, -0.05) is 24.3 Å². The second-order valence-electron chi connectivity index (χ2n) is 4.55. The third-order valence-corrected chi connectivity index (χ3v) is 3.42. The fourth-order valence-electron chi connectivity index (χ4n) is 1.71. The first-order chi connectivity index (χ1) is 9.56. The van der Waals surface area contributed by atoms with Crippen molar-refractivity contribution in [3.8, 4) is 5.75 Å². The summed E-state index contributed by atoms with van der Waals surface area (Å²) in [5, 5.41) is 2.81. The molecule has 0 saturated heterocycles. The van der Waals surface area contributed by atoms with Gasteiger partial charge in [0.25, 0.3) is 5.91 Å². The minimum absolute atomic E-state index is 0.177. The summed E-state index contributed by atoms with van der Waals surface area (Å²) < 4.78 is 6.52. The lowest BCUT2D eigenvalue weighted by atomic mass is 10.2. The van der Waals surface area contributed by atoms with E-state index in [0.29, 0.717) is 5.75 Å². The van der Waals surface area contributed by atoms with E-state index in [1.54, 1.807) is 6.92 Å². The third kappa shape index (κ3) is 3.84. The minimum atomic E-state index is -0.575. The van der Waals surface area contributed by atoms with Crippen molar-refractivity contribution < 1.29 is 9.53 Å². The largest absolute Gasteiger partial charge is 0.480 e. The molecule has 4 heteroatoms. The number of carbonyl (C=O) groups is 1. The summed E-state index contributed by atoms with van der Waals surface area (Å²) in [6.45, 7) is 3.73. The molecule has 0 spiro atoms. The number of hydrogen-bond acceptors (Lipinski definition) is 2. The second-order valence-corrected chi connectivity index (χ2v) is 5.40. The van der Waals surface area contributed by atoms with E-state index in [4.69, 9.17) is 4.74 Å². The number of benzene rings is 2. The molecule has 2 aromatic rings. The Morgan fingerprint density at radius 1 is 1.20 bits per heavy atom. The molecule has 20 heavy (non-hydrogen) atoms.